The number of anilines is 1. The van der Waals surface area contributed by atoms with E-state index in [2.05, 4.69) is 12.2 Å². The van der Waals surface area contributed by atoms with Gasteiger partial charge in [0.2, 0.25) is 5.91 Å². The predicted molar refractivity (Wildman–Crippen MR) is 104 cm³/mol. The molecule has 0 saturated heterocycles. The first-order valence-corrected chi connectivity index (χ1v) is 9.63. The molecule has 0 saturated carbocycles. The van der Waals surface area contributed by atoms with Crippen molar-refractivity contribution < 1.29 is 32.6 Å². The molecule has 6 nitrogen and oxygen atoms in total. The molecule has 1 atom stereocenters. The van der Waals surface area contributed by atoms with Crippen LogP contribution in [0.1, 0.15) is 64.4 Å². The number of carbonyl (C=O) groups is 2. The van der Waals surface area contributed by atoms with Crippen LogP contribution in [0, 0.1) is 0 Å². The maximum atomic E-state index is 13.4. The summed E-state index contributed by atoms with van der Waals surface area (Å²) in [5.41, 5.74) is 2.72. The molecule has 1 aromatic carbocycles. The van der Waals surface area contributed by atoms with Gasteiger partial charge in [-0.25, -0.2) is 0 Å². The number of amides is 1. The molecular formula is C20H29F3N2O4. The minimum Gasteiger partial charge on any atom is -0.493 e. The molecule has 0 radical (unpaired) electrons. The number of rotatable bonds is 12. The van der Waals surface area contributed by atoms with Crippen LogP contribution >= 0.6 is 0 Å². The van der Waals surface area contributed by atoms with Crippen LogP contribution < -0.4 is 15.8 Å². The quantitative estimate of drug-likeness (QED) is 0.432. The largest absolute Gasteiger partial charge is 0.493 e. The number of alkyl halides is 3. The highest BCUT2D eigenvalue weighted by atomic mass is 19.4. The molecule has 0 aliphatic heterocycles. The van der Waals surface area contributed by atoms with Gasteiger partial charge in [-0.05, 0) is 31.5 Å². The third-order valence-electron chi connectivity index (χ3n) is 4.34. The molecule has 164 valence electrons. The first kappa shape index (κ1) is 24.7. The summed E-state index contributed by atoms with van der Waals surface area (Å²) >= 11 is 0. The summed E-state index contributed by atoms with van der Waals surface area (Å²) in [4.78, 5) is 22.9. The van der Waals surface area contributed by atoms with Crippen molar-refractivity contribution in [3.05, 3.63) is 23.8 Å². The first-order valence-electron chi connectivity index (χ1n) is 9.63. The summed E-state index contributed by atoms with van der Waals surface area (Å²) in [7, 11) is 0. The summed E-state index contributed by atoms with van der Waals surface area (Å²) in [6.45, 7) is 3.47. The summed E-state index contributed by atoms with van der Waals surface area (Å²) < 4.78 is 45.5. The fourth-order valence-corrected chi connectivity index (χ4v) is 2.69. The number of hydrogen-bond donors (Lipinski definition) is 3. The van der Waals surface area contributed by atoms with E-state index in [9.17, 15) is 22.8 Å². The molecule has 0 fully saturated rings. The van der Waals surface area contributed by atoms with E-state index in [-0.39, 0.29) is 18.0 Å². The Morgan fingerprint density at radius 2 is 1.76 bits per heavy atom. The van der Waals surface area contributed by atoms with E-state index in [1.807, 2.05) is 0 Å². The number of benzene rings is 1. The number of nitrogens with two attached hydrogens (primary N) is 1. The van der Waals surface area contributed by atoms with Gasteiger partial charge in [0.1, 0.15) is 11.3 Å². The first-order chi connectivity index (χ1) is 13.5. The number of carboxylic acid groups (broad SMARTS) is 1. The number of hydrogen-bond acceptors (Lipinski definition) is 4. The zero-order valence-corrected chi connectivity index (χ0v) is 16.8. The second-order valence-electron chi connectivity index (χ2n) is 7.27. The molecule has 1 amide bonds. The number of halogens is 3. The summed E-state index contributed by atoms with van der Waals surface area (Å²) in [6, 6.07) is 3.16. The van der Waals surface area contributed by atoms with E-state index in [4.69, 9.17) is 15.6 Å². The lowest BCUT2D eigenvalue weighted by atomic mass is 9.98. The molecule has 0 aliphatic carbocycles. The van der Waals surface area contributed by atoms with Gasteiger partial charge in [0.05, 0.1) is 18.6 Å². The second-order valence-corrected chi connectivity index (χ2v) is 7.27. The average molecular weight is 418 g/mol. The Hall–Kier alpha value is -2.29. The van der Waals surface area contributed by atoms with E-state index in [0.717, 1.165) is 44.2 Å². The van der Waals surface area contributed by atoms with Crippen molar-refractivity contribution >= 4 is 17.6 Å². The Labute approximate surface area is 168 Å². The van der Waals surface area contributed by atoms with Crippen LogP contribution in [0.3, 0.4) is 0 Å². The monoisotopic (exact) mass is 418 g/mol. The fraction of sp³-hybridized carbons (Fsp3) is 0.600. The highest BCUT2D eigenvalue weighted by Gasteiger charge is 2.36. The number of carboxylic acids is 1. The molecule has 9 heteroatoms. The zero-order valence-electron chi connectivity index (χ0n) is 16.8. The Bertz CT molecular complexity index is 691. The molecule has 0 bridgehead atoms. The molecular weight excluding hydrogens is 389 g/mol. The van der Waals surface area contributed by atoms with E-state index in [0.29, 0.717) is 6.42 Å². The lowest BCUT2D eigenvalue weighted by Crippen LogP contribution is -2.49. The predicted octanol–water partition coefficient (Wildman–Crippen LogP) is 4.58. The van der Waals surface area contributed by atoms with Crippen LogP contribution in [0.15, 0.2) is 18.2 Å². The van der Waals surface area contributed by atoms with Gasteiger partial charge in [0.25, 0.3) is 0 Å². The van der Waals surface area contributed by atoms with Crippen molar-refractivity contribution in [3.63, 3.8) is 0 Å². The number of nitrogens with one attached hydrogen (secondary N) is 1. The molecule has 0 aliphatic rings. The molecule has 0 spiro atoms. The molecule has 0 unspecified atom stereocenters. The smallest absolute Gasteiger partial charge is 0.420 e. The highest BCUT2D eigenvalue weighted by Crippen LogP contribution is 2.38. The maximum Gasteiger partial charge on any atom is 0.420 e. The Morgan fingerprint density at radius 1 is 1.14 bits per heavy atom. The molecule has 0 aromatic heterocycles. The van der Waals surface area contributed by atoms with E-state index in [1.165, 1.54) is 13.0 Å². The third-order valence-corrected chi connectivity index (χ3v) is 4.34. The van der Waals surface area contributed by atoms with Gasteiger partial charge in [-0.2, -0.15) is 13.2 Å². The molecule has 29 heavy (non-hydrogen) atoms. The number of carbonyl (C=O) groups excluding carboxylic acids is 1. The summed E-state index contributed by atoms with van der Waals surface area (Å²) in [5, 5.41) is 11.0. The number of unbranched alkanes of at least 4 members (excludes halogenated alkanes) is 5. The van der Waals surface area contributed by atoms with Crippen LogP contribution in [-0.4, -0.2) is 29.1 Å². The SMILES string of the molecule is CCCCCCCCOc1ccc(NC(=O)[C@@](C)(N)CC(=O)O)cc1C(F)(F)F. The standard InChI is InChI=1S/C20H29F3N2O4/c1-3-4-5-6-7-8-11-29-16-10-9-14(12-15(16)20(21,22)23)25-18(28)19(2,24)13-17(26)27/h9-10,12H,3-8,11,13,24H2,1-2H3,(H,25,28)(H,26,27)/t19-/m0/s1. The fourth-order valence-electron chi connectivity index (χ4n) is 2.69. The van der Waals surface area contributed by atoms with Crippen LogP contribution in [-0.2, 0) is 15.8 Å². The minimum atomic E-state index is -4.68. The van der Waals surface area contributed by atoms with Gasteiger partial charge in [-0.1, -0.05) is 39.0 Å². The highest BCUT2D eigenvalue weighted by molar-refractivity contribution is 5.99. The topological polar surface area (TPSA) is 102 Å². The van der Waals surface area contributed by atoms with Crippen molar-refractivity contribution in [1.82, 2.24) is 0 Å². The van der Waals surface area contributed by atoms with Crippen LogP contribution in [0.25, 0.3) is 0 Å². The third kappa shape index (κ3) is 8.72. The zero-order chi connectivity index (χ0) is 22.1. The average Bonchev–Trinajstić information content (AvgIpc) is 2.59. The van der Waals surface area contributed by atoms with E-state index >= 15 is 0 Å². The van der Waals surface area contributed by atoms with Gasteiger partial charge >= 0.3 is 12.1 Å². The van der Waals surface area contributed by atoms with Crippen molar-refractivity contribution in [2.75, 3.05) is 11.9 Å². The Morgan fingerprint density at radius 3 is 2.34 bits per heavy atom. The number of ether oxygens (including phenoxy) is 1. The molecule has 1 aromatic rings. The summed E-state index contributed by atoms with van der Waals surface area (Å²) in [5.74, 6) is -2.50. The van der Waals surface area contributed by atoms with Gasteiger partial charge in [-0.15, -0.1) is 0 Å². The summed E-state index contributed by atoms with van der Waals surface area (Å²) in [6.07, 6.45) is 0.570. The van der Waals surface area contributed by atoms with Gasteiger partial charge in [0, 0.05) is 5.69 Å². The minimum absolute atomic E-state index is 0.142. The molecule has 4 N–H and O–H groups in total. The van der Waals surface area contributed by atoms with E-state index < -0.39 is 35.6 Å². The molecule has 0 heterocycles. The van der Waals surface area contributed by atoms with Gasteiger partial charge in [0.15, 0.2) is 0 Å². The van der Waals surface area contributed by atoms with Crippen LogP contribution in [0.4, 0.5) is 18.9 Å². The van der Waals surface area contributed by atoms with Gasteiger partial charge < -0.3 is 20.9 Å². The number of aliphatic carboxylic acids is 1. The van der Waals surface area contributed by atoms with E-state index in [1.54, 1.807) is 0 Å². The lowest BCUT2D eigenvalue weighted by molar-refractivity contribution is -0.140. The lowest BCUT2D eigenvalue weighted by Gasteiger charge is -2.22. The van der Waals surface area contributed by atoms with Crippen molar-refractivity contribution in [2.45, 2.75) is 70.5 Å². The second kappa shape index (κ2) is 11.0. The Kier molecular flexibility index (Phi) is 9.42. The Balaban J connectivity index is 2.79. The normalized spacial score (nSPS) is 13.6. The van der Waals surface area contributed by atoms with Crippen LogP contribution in [0.2, 0.25) is 0 Å². The van der Waals surface area contributed by atoms with Crippen molar-refractivity contribution in [3.8, 4) is 5.75 Å². The van der Waals surface area contributed by atoms with Gasteiger partial charge in [-0.3, -0.25) is 9.59 Å². The van der Waals surface area contributed by atoms with Crippen molar-refractivity contribution in [2.24, 2.45) is 5.73 Å². The van der Waals surface area contributed by atoms with Crippen LogP contribution in [0.5, 0.6) is 5.75 Å². The maximum absolute atomic E-state index is 13.4. The van der Waals surface area contributed by atoms with Crippen molar-refractivity contribution in [1.29, 1.82) is 0 Å². The molecule has 1 rings (SSSR count).